The first kappa shape index (κ1) is 14.3. The summed E-state index contributed by atoms with van der Waals surface area (Å²) in [5.74, 6) is 1.29. The molecule has 0 aliphatic carbocycles. The standard InChI is InChI=1S/C14H18BrNO3/c1-14(2)7-18-12-6-9(11(17)3-4-16)5-10(15)13(12)19-8-14/h5-6H,3-4,7-8,16H2,1-2H3. The second kappa shape index (κ2) is 5.51. The van der Waals surface area contributed by atoms with Crippen LogP contribution >= 0.6 is 15.9 Å². The minimum atomic E-state index is -0.0557. The maximum atomic E-state index is 11.9. The van der Waals surface area contributed by atoms with Crippen LogP contribution in [-0.4, -0.2) is 25.5 Å². The third-order valence-corrected chi connectivity index (χ3v) is 3.52. The lowest BCUT2D eigenvalue weighted by atomic mass is 9.97. The van der Waals surface area contributed by atoms with Crippen molar-refractivity contribution in [1.29, 1.82) is 0 Å². The summed E-state index contributed by atoms with van der Waals surface area (Å²) in [6.07, 6.45) is 0.331. The zero-order valence-electron chi connectivity index (χ0n) is 11.2. The van der Waals surface area contributed by atoms with Crippen LogP contribution in [-0.2, 0) is 0 Å². The summed E-state index contributed by atoms with van der Waals surface area (Å²) in [4.78, 5) is 11.9. The minimum absolute atomic E-state index is 0.0121. The Balaban J connectivity index is 2.34. The van der Waals surface area contributed by atoms with Crippen LogP contribution in [0.15, 0.2) is 16.6 Å². The molecule has 0 bridgehead atoms. The Morgan fingerprint density at radius 1 is 1.37 bits per heavy atom. The molecule has 1 aliphatic heterocycles. The fourth-order valence-corrected chi connectivity index (χ4v) is 2.39. The maximum absolute atomic E-state index is 11.9. The van der Waals surface area contributed by atoms with E-state index in [2.05, 4.69) is 29.8 Å². The van der Waals surface area contributed by atoms with Gasteiger partial charge in [-0.05, 0) is 34.6 Å². The number of fused-ring (bicyclic) bond motifs is 1. The number of halogens is 1. The molecule has 1 aliphatic rings. The van der Waals surface area contributed by atoms with E-state index >= 15 is 0 Å². The van der Waals surface area contributed by atoms with Gasteiger partial charge in [-0.15, -0.1) is 0 Å². The number of rotatable bonds is 3. The van der Waals surface area contributed by atoms with Crippen molar-refractivity contribution in [3.63, 3.8) is 0 Å². The molecule has 0 saturated carbocycles. The van der Waals surface area contributed by atoms with Gasteiger partial charge in [-0.25, -0.2) is 0 Å². The third-order valence-electron chi connectivity index (χ3n) is 2.93. The highest BCUT2D eigenvalue weighted by Gasteiger charge is 2.27. The average Bonchev–Trinajstić information content (AvgIpc) is 2.49. The van der Waals surface area contributed by atoms with Crippen LogP contribution in [0.2, 0.25) is 0 Å². The molecular weight excluding hydrogens is 310 g/mol. The van der Waals surface area contributed by atoms with Crippen molar-refractivity contribution in [2.75, 3.05) is 19.8 Å². The van der Waals surface area contributed by atoms with E-state index in [0.29, 0.717) is 43.2 Å². The van der Waals surface area contributed by atoms with Crippen LogP contribution in [0.4, 0.5) is 0 Å². The molecule has 104 valence electrons. The lowest BCUT2D eigenvalue weighted by Crippen LogP contribution is -2.26. The van der Waals surface area contributed by atoms with E-state index in [1.165, 1.54) is 0 Å². The predicted molar refractivity (Wildman–Crippen MR) is 76.9 cm³/mol. The third kappa shape index (κ3) is 3.28. The number of carbonyl (C=O) groups is 1. The molecule has 0 amide bonds. The Labute approximate surface area is 121 Å². The van der Waals surface area contributed by atoms with Gasteiger partial charge in [-0.1, -0.05) is 13.8 Å². The Kier molecular flexibility index (Phi) is 4.16. The normalized spacial score (nSPS) is 16.8. The SMILES string of the molecule is CC1(C)COc2cc(C(=O)CCN)cc(Br)c2OC1. The molecule has 5 heteroatoms. The molecule has 0 aromatic heterocycles. The first-order chi connectivity index (χ1) is 8.93. The van der Waals surface area contributed by atoms with Crippen molar-refractivity contribution in [3.8, 4) is 11.5 Å². The highest BCUT2D eigenvalue weighted by atomic mass is 79.9. The van der Waals surface area contributed by atoms with Crippen molar-refractivity contribution in [2.24, 2.45) is 11.1 Å². The van der Waals surface area contributed by atoms with Gasteiger partial charge in [-0.2, -0.15) is 0 Å². The number of Topliss-reactive ketones (excluding diaryl/α,β-unsaturated/α-hetero) is 1. The lowest BCUT2D eigenvalue weighted by Gasteiger charge is -2.19. The summed E-state index contributed by atoms with van der Waals surface area (Å²) in [6.45, 7) is 5.63. The van der Waals surface area contributed by atoms with E-state index in [1.807, 2.05) is 0 Å². The highest BCUT2D eigenvalue weighted by Crippen LogP contribution is 2.40. The van der Waals surface area contributed by atoms with E-state index in [4.69, 9.17) is 15.2 Å². The van der Waals surface area contributed by atoms with E-state index in [9.17, 15) is 4.79 Å². The van der Waals surface area contributed by atoms with Gasteiger partial charge in [0.2, 0.25) is 0 Å². The summed E-state index contributed by atoms with van der Waals surface area (Å²) < 4.78 is 12.3. The van der Waals surface area contributed by atoms with Gasteiger partial charge in [0, 0.05) is 17.4 Å². The molecule has 19 heavy (non-hydrogen) atoms. The Morgan fingerprint density at radius 3 is 2.74 bits per heavy atom. The Hall–Kier alpha value is -1.07. The Morgan fingerprint density at radius 2 is 2.05 bits per heavy atom. The van der Waals surface area contributed by atoms with Crippen LogP contribution in [0.5, 0.6) is 11.5 Å². The second-order valence-electron chi connectivity index (χ2n) is 5.49. The summed E-state index contributed by atoms with van der Waals surface area (Å²) in [7, 11) is 0. The summed E-state index contributed by atoms with van der Waals surface area (Å²) in [5, 5.41) is 0. The molecule has 1 aromatic rings. The first-order valence-corrected chi connectivity index (χ1v) is 7.05. The molecule has 4 nitrogen and oxygen atoms in total. The summed E-state index contributed by atoms with van der Waals surface area (Å²) in [6, 6.07) is 3.50. The topological polar surface area (TPSA) is 61.5 Å². The monoisotopic (exact) mass is 327 g/mol. The number of ketones is 1. The zero-order chi connectivity index (χ0) is 14.0. The number of carbonyl (C=O) groups excluding carboxylic acids is 1. The molecular formula is C14H18BrNO3. The molecule has 0 spiro atoms. The van der Waals surface area contributed by atoms with Crippen LogP contribution < -0.4 is 15.2 Å². The van der Waals surface area contributed by atoms with Crippen molar-refractivity contribution in [1.82, 2.24) is 0 Å². The molecule has 0 radical (unpaired) electrons. The fourth-order valence-electron chi connectivity index (χ4n) is 1.83. The fraction of sp³-hybridized carbons (Fsp3) is 0.500. The number of ether oxygens (including phenoxy) is 2. The molecule has 1 aromatic carbocycles. The first-order valence-electron chi connectivity index (χ1n) is 6.25. The molecule has 0 saturated heterocycles. The average molecular weight is 328 g/mol. The molecule has 2 N–H and O–H groups in total. The van der Waals surface area contributed by atoms with Gasteiger partial charge in [0.15, 0.2) is 17.3 Å². The van der Waals surface area contributed by atoms with Crippen LogP contribution in [0.1, 0.15) is 30.6 Å². The van der Waals surface area contributed by atoms with Gasteiger partial charge in [0.05, 0.1) is 17.7 Å². The van der Waals surface area contributed by atoms with Gasteiger partial charge in [0.25, 0.3) is 0 Å². The zero-order valence-corrected chi connectivity index (χ0v) is 12.7. The van der Waals surface area contributed by atoms with Crippen molar-refractivity contribution in [2.45, 2.75) is 20.3 Å². The highest BCUT2D eigenvalue weighted by molar-refractivity contribution is 9.10. The van der Waals surface area contributed by atoms with Gasteiger partial charge < -0.3 is 15.2 Å². The van der Waals surface area contributed by atoms with Gasteiger partial charge in [-0.3, -0.25) is 4.79 Å². The van der Waals surface area contributed by atoms with E-state index in [1.54, 1.807) is 12.1 Å². The number of benzene rings is 1. The summed E-state index contributed by atoms with van der Waals surface area (Å²) in [5.41, 5.74) is 5.96. The quantitative estimate of drug-likeness (QED) is 0.867. The van der Waals surface area contributed by atoms with Crippen molar-refractivity contribution >= 4 is 21.7 Å². The molecule has 0 fully saturated rings. The summed E-state index contributed by atoms with van der Waals surface area (Å²) >= 11 is 3.44. The van der Waals surface area contributed by atoms with Crippen molar-refractivity contribution < 1.29 is 14.3 Å². The second-order valence-corrected chi connectivity index (χ2v) is 6.34. The lowest BCUT2D eigenvalue weighted by molar-refractivity contribution is 0.0985. The molecule has 0 unspecified atom stereocenters. The predicted octanol–water partition coefficient (Wildman–Crippen LogP) is 2.78. The molecule has 1 heterocycles. The van der Waals surface area contributed by atoms with Crippen LogP contribution in [0.25, 0.3) is 0 Å². The van der Waals surface area contributed by atoms with Gasteiger partial charge >= 0.3 is 0 Å². The van der Waals surface area contributed by atoms with Crippen LogP contribution in [0, 0.1) is 5.41 Å². The van der Waals surface area contributed by atoms with Gasteiger partial charge in [0.1, 0.15) is 0 Å². The smallest absolute Gasteiger partial charge is 0.175 e. The molecule has 2 rings (SSSR count). The van der Waals surface area contributed by atoms with E-state index in [-0.39, 0.29) is 11.2 Å². The van der Waals surface area contributed by atoms with Crippen LogP contribution in [0.3, 0.4) is 0 Å². The van der Waals surface area contributed by atoms with Crippen molar-refractivity contribution in [3.05, 3.63) is 22.2 Å². The largest absolute Gasteiger partial charge is 0.489 e. The number of hydrogen-bond donors (Lipinski definition) is 1. The van der Waals surface area contributed by atoms with E-state index in [0.717, 1.165) is 4.47 Å². The Bertz CT molecular complexity index is 500. The molecule has 0 atom stereocenters. The number of nitrogens with two attached hydrogens (primary N) is 1. The maximum Gasteiger partial charge on any atom is 0.175 e. The van der Waals surface area contributed by atoms with E-state index < -0.39 is 0 Å². The minimum Gasteiger partial charge on any atom is -0.489 e. The number of hydrogen-bond acceptors (Lipinski definition) is 4.